The Morgan fingerprint density at radius 2 is 2.50 bits per heavy atom. The lowest BCUT2D eigenvalue weighted by Crippen LogP contribution is -2.24. The Balaban J connectivity index is 2.08. The van der Waals surface area contributed by atoms with Gasteiger partial charge in [0.25, 0.3) is 0 Å². The summed E-state index contributed by atoms with van der Waals surface area (Å²) in [4.78, 5) is 0. The molecule has 1 nitrogen and oxygen atoms in total. The van der Waals surface area contributed by atoms with Crippen LogP contribution in [0.15, 0.2) is 12.2 Å². The second-order valence-corrected chi connectivity index (χ2v) is 2.81. The third kappa shape index (κ3) is 0.511. The number of hydrogen-bond donors (Lipinski definition) is 1. The minimum atomic E-state index is 0.830. The minimum Gasteiger partial charge on any atom is -0.313 e. The van der Waals surface area contributed by atoms with Gasteiger partial charge in [-0.05, 0) is 25.3 Å². The van der Waals surface area contributed by atoms with Crippen molar-refractivity contribution in [3.63, 3.8) is 0 Å². The van der Waals surface area contributed by atoms with E-state index in [0.717, 1.165) is 12.0 Å². The van der Waals surface area contributed by atoms with E-state index in [1.807, 2.05) is 0 Å². The van der Waals surface area contributed by atoms with Crippen LogP contribution < -0.4 is 5.32 Å². The largest absolute Gasteiger partial charge is 0.313 e. The maximum Gasteiger partial charge on any atom is 0.0139 e. The van der Waals surface area contributed by atoms with Crippen molar-refractivity contribution in [2.24, 2.45) is 5.92 Å². The smallest absolute Gasteiger partial charge is 0.0139 e. The van der Waals surface area contributed by atoms with Crippen LogP contribution in [0.2, 0.25) is 0 Å². The average Bonchev–Trinajstić information content (AvgIpc) is 2.45. The third-order valence-electron chi connectivity index (χ3n) is 2.17. The van der Waals surface area contributed by atoms with Crippen LogP contribution in [0, 0.1) is 5.92 Å². The van der Waals surface area contributed by atoms with Crippen molar-refractivity contribution in [2.45, 2.75) is 18.9 Å². The molecule has 1 saturated carbocycles. The molecular formula is C7H11N. The van der Waals surface area contributed by atoms with Gasteiger partial charge in [0.1, 0.15) is 0 Å². The molecule has 2 unspecified atom stereocenters. The molecule has 1 aliphatic carbocycles. The number of hydrogen-bond acceptors (Lipinski definition) is 1. The number of rotatable bonds is 0. The molecule has 1 saturated heterocycles. The second kappa shape index (κ2) is 1.35. The predicted molar refractivity (Wildman–Crippen MR) is 33.7 cm³/mol. The Labute approximate surface area is 49.8 Å². The van der Waals surface area contributed by atoms with Gasteiger partial charge in [-0.15, -0.1) is 0 Å². The van der Waals surface area contributed by atoms with E-state index in [0.29, 0.717) is 0 Å². The van der Waals surface area contributed by atoms with E-state index >= 15 is 0 Å². The van der Waals surface area contributed by atoms with Gasteiger partial charge in [-0.25, -0.2) is 0 Å². The van der Waals surface area contributed by atoms with E-state index in [4.69, 9.17) is 0 Å². The summed E-state index contributed by atoms with van der Waals surface area (Å²) in [6.07, 6.45) is 2.57. The van der Waals surface area contributed by atoms with Gasteiger partial charge < -0.3 is 5.32 Å². The summed E-state index contributed by atoms with van der Waals surface area (Å²) in [5.41, 5.74) is 1.48. The van der Waals surface area contributed by atoms with Gasteiger partial charge in [0, 0.05) is 6.04 Å². The monoisotopic (exact) mass is 109 g/mol. The molecule has 8 heavy (non-hydrogen) atoms. The molecule has 0 aromatic heterocycles. The summed E-state index contributed by atoms with van der Waals surface area (Å²) < 4.78 is 0. The summed E-state index contributed by atoms with van der Waals surface area (Å²) in [5.74, 6) is 0.865. The summed E-state index contributed by atoms with van der Waals surface area (Å²) in [5, 5.41) is 3.43. The summed E-state index contributed by atoms with van der Waals surface area (Å²) in [6.45, 7) is 5.16. The average molecular weight is 109 g/mol. The number of fused-ring (bicyclic) bond motifs is 1. The first-order valence-electron chi connectivity index (χ1n) is 3.29. The third-order valence-corrected chi connectivity index (χ3v) is 2.17. The predicted octanol–water partition coefficient (Wildman–Crippen LogP) is 0.924. The Kier molecular flexibility index (Phi) is 0.770. The van der Waals surface area contributed by atoms with Gasteiger partial charge in [-0.1, -0.05) is 12.2 Å². The summed E-state index contributed by atoms with van der Waals surface area (Å²) >= 11 is 0. The van der Waals surface area contributed by atoms with Crippen molar-refractivity contribution in [1.29, 1.82) is 0 Å². The fourth-order valence-corrected chi connectivity index (χ4v) is 1.48. The van der Waals surface area contributed by atoms with Crippen molar-refractivity contribution in [2.75, 3.05) is 6.54 Å². The van der Waals surface area contributed by atoms with E-state index in [9.17, 15) is 0 Å². The Hall–Kier alpha value is -0.300. The number of piperidine rings is 1. The van der Waals surface area contributed by atoms with E-state index in [-0.39, 0.29) is 0 Å². The maximum atomic E-state index is 4.00. The van der Waals surface area contributed by atoms with Crippen molar-refractivity contribution in [1.82, 2.24) is 5.32 Å². The lowest BCUT2D eigenvalue weighted by Gasteiger charge is -2.11. The van der Waals surface area contributed by atoms with E-state index in [1.54, 1.807) is 0 Å². The van der Waals surface area contributed by atoms with Crippen LogP contribution in [0.5, 0.6) is 0 Å². The molecule has 2 fully saturated rings. The summed E-state index contributed by atoms with van der Waals surface area (Å²) in [6, 6.07) is 0.830. The van der Waals surface area contributed by atoms with Gasteiger partial charge in [-0.2, -0.15) is 0 Å². The summed E-state index contributed by atoms with van der Waals surface area (Å²) in [7, 11) is 0. The highest BCUT2D eigenvalue weighted by atomic mass is 15.0. The zero-order valence-electron chi connectivity index (χ0n) is 4.98. The highest BCUT2D eigenvalue weighted by Gasteiger charge is 2.40. The van der Waals surface area contributed by atoms with Crippen LogP contribution in [0.4, 0.5) is 0 Å². The molecule has 0 bridgehead atoms. The molecule has 2 atom stereocenters. The Morgan fingerprint density at radius 3 is 3.12 bits per heavy atom. The van der Waals surface area contributed by atoms with Crippen LogP contribution in [-0.2, 0) is 0 Å². The van der Waals surface area contributed by atoms with Crippen LogP contribution >= 0.6 is 0 Å². The quantitative estimate of drug-likeness (QED) is 0.456. The van der Waals surface area contributed by atoms with Crippen LogP contribution in [-0.4, -0.2) is 12.6 Å². The van der Waals surface area contributed by atoms with E-state index in [1.165, 1.54) is 25.0 Å². The molecule has 2 aliphatic rings. The molecule has 1 heteroatoms. The Morgan fingerprint density at radius 1 is 1.62 bits per heavy atom. The molecule has 0 radical (unpaired) electrons. The molecule has 1 heterocycles. The molecular weight excluding hydrogens is 98.1 g/mol. The first-order valence-corrected chi connectivity index (χ1v) is 3.29. The highest BCUT2D eigenvalue weighted by Crippen LogP contribution is 2.40. The van der Waals surface area contributed by atoms with E-state index in [2.05, 4.69) is 11.9 Å². The lowest BCUT2D eigenvalue weighted by atomic mass is 10.1. The molecule has 0 aromatic carbocycles. The van der Waals surface area contributed by atoms with Crippen molar-refractivity contribution in [3.05, 3.63) is 12.2 Å². The zero-order valence-corrected chi connectivity index (χ0v) is 4.98. The van der Waals surface area contributed by atoms with Gasteiger partial charge in [0.2, 0.25) is 0 Å². The maximum absolute atomic E-state index is 4.00. The molecule has 1 aliphatic heterocycles. The van der Waals surface area contributed by atoms with Gasteiger partial charge in [0.05, 0.1) is 0 Å². The van der Waals surface area contributed by atoms with Crippen LogP contribution in [0.25, 0.3) is 0 Å². The van der Waals surface area contributed by atoms with E-state index < -0.39 is 0 Å². The van der Waals surface area contributed by atoms with Crippen molar-refractivity contribution in [3.8, 4) is 0 Å². The first-order chi connectivity index (χ1) is 3.88. The van der Waals surface area contributed by atoms with Gasteiger partial charge in [-0.3, -0.25) is 0 Å². The second-order valence-electron chi connectivity index (χ2n) is 2.81. The Bertz CT molecular complexity index is 128. The lowest BCUT2D eigenvalue weighted by molar-refractivity contribution is 0.596. The van der Waals surface area contributed by atoms with Crippen LogP contribution in [0.1, 0.15) is 12.8 Å². The van der Waals surface area contributed by atoms with Crippen LogP contribution in [0.3, 0.4) is 0 Å². The minimum absolute atomic E-state index is 0.830. The molecule has 2 rings (SSSR count). The van der Waals surface area contributed by atoms with Gasteiger partial charge in [0.15, 0.2) is 0 Å². The van der Waals surface area contributed by atoms with Crippen molar-refractivity contribution < 1.29 is 0 Å². The topological polar surface area (TPSA) is 12.0 Å². The standard InChI is InChI=1S/C7H11N/c1-5-2-3-8-7-4-6(5)7/h6-8H,1-4H2. The first kappa shape index (κ1) is 4.57. The molecule has 0 spiro atoms. The molecule has 0 amide bonds. The molecule has 44 valence electrons. The highest BCUT2D eigenvalue weighted by molar-refractivity contribution is 5.18. The molecule has 1 N–H and O–H groups in total. The van der Waals surface area contributed by atoms with Crippen molar-refractivity contribution >= 4 is 0 Å². The van der Waals surface area contributed by atoms with Gasteiger partial charge >= 0.3 is 0 Å². The zero-order chi connectivity index (χ0) is 5.56. The number of nitrogens with one attached hydrogen (secondary N) is 1. The molecule has 0 aromatic rings. The fraction of sp³-hybridized carbons (Fsp3) is 0.714. The fourth-order valence-electron chi connectivity index (χ4n) is 1.48. The normalized spacial score (nSPS) is 43.8. The SMILES string of the molecule is C=C1CCNC2CC12.